The van der Waals surface area contributed by atoms with Gasteiger partial charge >= 0.3 is 5.97 Å². The summed E-state index contributed by atoms with van der Waals surface area (Å²) >= 11 is 0. The van der Waals surface area contributed by atoms with Crippen LogP contribution in [0.25, 0.3) is 0 Å². The van der Waals surface area contributed by atoms with Gasteiger partial charge in [-0.2, -0.15) is 0 Å². The summed E-state index contributed by atoms with van der Waals surface area (Å²) < 4.78 is 11.2. The van der Waals surface area contributed by atoms with Gasteiger partial charge in [-0.05, 0) is 48.8 Å². The predicted molar refractivity (Wildman–Crippen MR) is 83.4 cm³/mol. The van der Waals surface area contributed by atoms with E-state index in [1.165, 1.54) is 12.5 Å². The van der Waals surface area contributed by atoms with Crippen LogP contribution < -0.4 is 4.74 Å². The lowest BCUT2D eigenvalue weighted by atomic mass is 9.71. The highest BCUT2D eigenvalue weighted by Crippen LogP contribution is 2.39. The van der Waals surface area contributed by atoms with Gasteiger partial charge in [-0.25, -0.2) is 0 Å². The fraction of sp³-hybridized carbons (Fsp3) is 0.611. The Kier molecular flexibility index (Phi) is 5.66. The molecule has 0 N–H and O–H groups in total. The summed E-state index contributed by atoms with van der Waals surface area (Å²) in [6.07, 6.45) is 4.57. The Bertz CT molecular complexity index is 452. The maximum absolute atomic E-state index is 10.8. The van der Waals surface area contributed by atoms with Crippen LogP contribution in [0.3, 0.4) is 0 Å². The van der Waals surface area contributed by atoms with E-state index < -0.39 is 0 Å². The van der Waals surface area contributed by atoms with Crippen LogP contribution in [0, 0.1) is 11.8 Å². The molecule has 1 aromatic carbocycles. The Labute approximate surface area is 127 Å². The molecule has 21 heavy (non-hydrogen) atoms. The summed E-state index contributed by atoms with van der Waals surface area (Å²) in [5, 5.41) is 0. The quantitative estimate of drug-likeness (QED) is 0.712. The van der Waals surface area contributed by atoms with Gasteiger partial charge in [-0.15, -0.1) is 0 Å². The molecule has 1 aliphatic carbocycles. The second-order valence-electron chi connectivity index (χ2n) is 6.08. The maximum atomic E-state index is 10.8. The van der Waals surface area contributed by atoms with E-state index in [2.05, 4.69) is 38.1 Å². The van der Waals surface area contributed by atoms with Crippen molar-refractivity contribution in [2.24, 2.45) is 11.8 Å². The van der Waals surface area contributed by atoms with Gasteiger partial charge in [0.1, 0.15) is 11.9 Å². The van der Waals surface area contributed by atoms with Crippen molar-refractivity contribution in [1.29, 1.82) is 0 Å². The van der Waals surface area contributed by atoms with Crippen molar-refractivity contribution >= 4 is 5.97 Å². The molecule has 0 saturated heterocycles. The molecule has 116 valence electrons. The fourth-order valence-corrected chi connectivity index (χ4v) is 3.04. The first-order valence-electron chi connectivity index (χ1n) is 7.99. The largest absolute Gasteiger partial charge is 0.490 e. The van der Waals surface area contributed by atoms with Gasteiger partial charge < -0.3 is 9.47 Å². The van der Waals surface area contributed by atoms with E-state index in [9.17, 15) is 4.79 Å². The third-order valence-electron chi connectivity index (χ3n) is 4.23. The molecule has 0 heterocycles. The van der Waals surface area contributed by atoms with E-state index in [1.54, 1.807) is 0 Å². The number of rotatable bonds is 7. The summed E-state index contributed by atoms with van der Waals surface area (Å²) in [7, 11) is 0. The normalized spacial score (nSPS) is 24.2. The van der Waals surface area contributed by atoms with Crippen molar-refractivity contribution in [3.05, 3.63) is 29.8 Å². The predicted octanol–water partition coefficient (Wildman–Crippen LogP) is 4.00. The van der Waals surface area contributed by atoms with Gasteiger partial charge in [0.15, 0.2) is 0 Å². The van der Waals surface area contributed by atoms with Gasteiger partial charge in [0.05, 0.1) is 6.61 Å². The molecule has 1 aromatic rings. The van der Waals surface area contributed by atoms with Gasteiger partial charge in [-0.1, -0.05) is 32.4 Å². The lowest BCUT2D eigenvalue weighted by molar-refractivity contribution is -0.142. The molecule has 1 aliphatic rings. The van der Waals surface area contributed by atoms with Crippen LogP contribution in [0.5, 0.6) is 5.75 Å². The summed E-state index contributed by atoms with van der Waals surface area (Å²) in [5.41, 5.74) is 1.36. The molecule has 3 atom stereocenters. The van der Waals surface area contributed by atoms with Crippen LogP contribution in [0.1, 0.15) is 45.6 Å². The minimum atomic E-state index is -0.202. The highest BCUT2D eigenvalue weighted by atomic mass is 16.5. The van der Waals surface area contributed by atoms with Crippen molar-refractivity contribution < 1.29 is 14.3 Å². The van der Waals surface area contributed by atoms with Gasteiger partial charge in [0, 0.05) is 6.92 Å². The summed E-state index contributed by atoms with van der Waals surface area (Å²) in [6, 6.07) is 8.43. The van der Waals surface area contributed by atoms with Crippen molar-refractivity contribution in [2.75, 3.05) is 6.61 Å². The zero-order chi connectivity index (χ0) is 15.2. The topological polar surface area (TPSA) is 35.5 Å². The molecule has 0 spiro atoms. The smallest absolute Gasteiger partial charge is 0.302 e. The van der Waals surface area contributed by atoms with E-state index in [4.69, 9.17) is 9.47 Å². The van der Waals surface area contributed by atoms with Gasteiger partial charge in [0.2, 0.25) is 0 Å². The minimum Gasteiger partial charge on any atom is -0.490 e. The highest BCUT2D eigenvalue weighted by Gasteiger charge is 2.39. The molecule has 2 rings (SSSR count). The summed E-state index contributed by atoms with van der Waals surface area (Å²) in [4.78, 5) is 10.8. The minimum absolute atomic E-state index is 0.202. The number of hydrogen-bond acceptors (Lipinski definition) is 3. The molecule has 0 bridgehead atoms. The summed E-state index contributed by atoms with van der Waals surface area (Å²) in [6.45, 7) is 6.36. The Morgan fingerprint density at radius 3 is 2.57 bits per heavy atom. The molecule has 3 nitrogen and oxygen atoms in total. The number of ether oxygens (including phenoxy) is 2. The second-order valence-corrected chi connectivity index (χ2v) is 6.08. The monoisotopic (exact) mass is 290 g/mol. The van der Waals surface area contributed by atoms with Crippen molar-refractivity contribution in [1.82, 2.24) is 0 Å². The highest BCUT2D eigenvalue weighted by molar-refractivity contribution is 5.65. The lowest BCUT2D eigenvalue weighted by Gasteiger charge is -2.42. The Hall–Kier alpha value is -1.51. The van der Waals surface area contributed by atoms with Crippen LogP contribution in [0.4, 0.5) is 0 Å². The molecular formula is C18H26O3. The fourth-order valence-electron chi connectivity index (χ4n) is 3.04. The molecule has 3 heteroatoms. The summed E-state index contributed by atoms with van der Waals surface area (Å²) in [5.74, 6) is 1.81. The zero-order valence-corrected chi connectivity index (χ0v) is 13.3. The lowest BCUT2D eigenvalue weighted by Crippen LogP contribution is -2.45. The van der Waals surface area contributed by atoms with Crippen LogP contribution in [-0.4, -0.2) is 18.7 Å². The third-order valence-corrected chi connectivity index (χ3v) is 4.23. The van der Waals surface area contributed by atoms with Gasteiger partial charge in [-0.3, -0.25) is 4.79 Å². The molecule has 1 saturated carbocycles. The number of carbonyl (C=O) groups excluding carboxylic acids is 1. The van der Waals surface area contributed by atoms with Crippen molar-refractivity contribution in [3.63, 3.8) is 0 Å². The average molecular weight is 290 g/mol. The van der Waals surface area contributed by atoms with Gasteiger partial charge in [0.25, 0.3) is 0 Å². The van der Waals surface area contributed by atoms with Crippen molar-refractivity contribution in [2.45, 2.75) is 52.6 Å². The first-order chi connectivity index (χ1) is 10.1. The molecule has 1 fully saturated rings. The Morgan fingerprint density at radius 2 is 2.00 bits per heavy atom. The van der Waals surface area contributed by atoms with Crippen LogP contribution >= 0.6 is 0 Å². The zero-order valence-electron chi connectivity index (χ0n) is 13.3. The number of aryl methyl sites for hydroxylation is 1. The van der Waals surface area contributed by atoms with E-state index in [0.717, 1.165) is 31.4 Å². The first-order valence-corrected chi connectivity index (χ1v) is 7.99. The third kappa shape index (κ3) is 4.48. The molecule has 0 aromatic heterocycles. The number of esters is 1. The van der Waals surface area contributed by atoms with Crippen LogP contribution in [-0.2, 0) is 16.0 Å². The Morgan fingerprint density at radius 1 is 1.29 bits per heavy atom. The molecule has 3 unspecified atom stereocenters. The first kappa shape index (κ1) is 15.9. The van der Waals surface area contributed by atoms with Crippen molar-refractivity contribution in [3.8, 4) is 5.75 Å². The molecular weight excluding hydrogens is 264 g/mol. The van der Waals surface area contributed by atoms with E-state index >= 15 is 0 Å². The van der Waals surface area contributed by atoms with E-state index in [-0.39, 0.29) is 12.1 Å². The average Bonchev–Trinajstić information content (AvgIpc) is 2.45. The standard InChI is InChI=1S/C18H26O3/c1-4-5-15-6-8-17(9-7-15)21-18-13(2)12-16(18)10-11-20-14(3)19/h6-9,13,16,18H,4-5,10-12H2,1-3H3. The number of benzene rings is 1. The second kappa shape index (κ2) is 7.48. The maximum Gasteiger partial charge on any atom is 0.302 e. The van der Waals surface area contributed by atoms with Crippen LogP contribution in [0.2, 0.25) is 0 Å². The Balaban J connectivity index is 1.83. The van der Waals surface area contributed by atoms with Crippen LogP contribution in [0.15, 0.2) is 24.3 Å². The number of carbonyl (C=O) groups is 1. The van der Waals surface area contributed by atoms with E-state index in [1.807, 2.05) is 0 Å². The van der Waals surface area contributed by atoms with E-state index in [0.29, 0.717) is 18.4 Å². The molecule has 0 radical (unpaired) electrons. The molecule has 0 amide bonds. The SMILES string of the molecule is CCCc1ccc(OC2C(C)CC2CCOC(C)=O)cc1. The number of hydrogen-bond donors (Lipinski definition) is 0. The molecule has 0 aliphatic heterocycles.